The normalized spacial score (nSPS) is 21.7. The summed E-state index contributed by atoms with van der Waals surface area (Å²) in [6, 6.07) is 0.518. The minimum Gasteiger partial charge on any atom is -0.287 e. The molecule has 9 heavy (non-hydrogen) atoms. The van der Waals surface area contributed by atoms with Crippen molar-refractivity contribution < 1.29 is 0 Å². The Labute approximate surface area is 56.2 Å². The Kier molecular flexibility index (Phi) is 2.45. The van der Waals surface area contributed by atoms with E-state index in [4.69, 9.17) is 0 Å². The molecule has 1 heterocycles. The molecule has 0 aromatic heterocycles. The van der Waals surface area contributed by atoms with Crippen molar-refractivity contribution in [2.24, 2.45) is 0 Å². The highest BCUT2D eigenvalue weighted by molar-refractivity contribution is 4.71. The highest BCUT2D eigenvalue weighted by Gasteiger charge is 2.13. The molecule has 1 aliphatic rings. The van der Waals surface area contributed by atoms with Gasteiger partial charge in [-0.25, -0.2) is 5.32 Å². The van der Waals surface area contributed by atoms with Crippen molar-refractivity contribution in [1.29, 1.82) is 0 Å². The smallest absolute Gasteiger partial charge is 0.127 e. The molecule has 1 rings (SSSR count). The second kappa shape index (κ2) is 3.15. The van der Waals surface area contributed by atoms with E-state index in [9.17, 15) is 0 Å². The number of rotatable bonds is 2. The van der Waals surface area contributed by atoms with Gasteiger partial charge in [0.25, 0.3) is 0 Å². The third-order valence-electron chi connectivity index (χ3n) is 1.25. The zero-order valence-electron chi connectivity index (χ0n) is 6.02. The van der Waals surface area contributed by atoms with Crippen LogP contribution in [0.4, 0.5) is 0 Å². The summed E-state index contributed by atoms with van der Waals surface area (Å²) in [6.45, 7) is 6.21. The Bertz CT molecular complexity index is 76.4. The maximum Gasteiger partial charge on any atom is 0.127 e. The third-order valence-corrected chi connectivity index (χ3v) is 1.25. The van der Waals surface area contributed by atoms with Crippen LogP contribution >= 0.6 is 0 Å². The van der Waals surface area contributed by atoms with Crippen LogP contribution < -0.4 is 16.0 Å². The molecule has 1 radical (unpaired) electrons. The molecule has 0 spiro atoms. The van der Waals surface area contributed by atoms with E-state index in [1.165, 1.54) is 0 Å². The van der Waals surface area contributed by atoms with Crippen molar-refractivity contribution in [3.63, 3.8) is 0 Å². The Balaban J connectivity index is 2.11. The average molecular weight is 128 g/mol. The zero-order chi connectivity index (χ0) is 6.69. The summed E-state index contributed by atoms with van der Waals surface area (Å²) >= 11 is 0. The summed E-state index contributed by atoms with van der Waals surface area (Å²) in [5.74, 6) is 0. The molecular weight excluding hydrogens is 114 g/mol. The average Bonchev–Trinajstić information content (AvgIpc) is 2.15. The quantitative estimate of drug-likeness (QED) is 0.525. The molecule has 2 N–H and O–H groups in total. The molecule has 0 aromatic carbocycles. The largest absolute Gasteiger partial charge is 0.287 e. The molecule has 53 valence electrons. The lowest BCUT2D eigenvalue weighted by Gasteiger charge is -2.14. The minimum absolute atomic E-state index is 0.213. The first-order valence-corrected chi connectivity index (χ1v) is 3.45. The van der Waals surface area contributed by atoms with Crippen molar-refractivity contribution in [1.82, 2.24) is 16.0 Å². The maximum atomic E-state index is 4.25. The maximum absolute atomic E-state index is 4.25. The first-order chi connectivity index (χ1) is 4.29. The fourth-order valence-electron chi connectivity index (χ4n) is 0.887. The molecular formula is C6H14N3. The summed E-state index contributed by atoms with van der Waals surface area (Å²) < 4.78 is 0. The highest BCUT2D eigenvalue weighted by Crippen LogP contribution is 1.85. The van der Waals surface area contributed by atoms with Gasteiger partial charge >= 0.3 is 0 Å². The number of nitrogens with one attached hydrogen (secondary N) is 2. The van der Waals surface area contributed by atoms with E-state index in [0.717, 1.165) is 13.1 Å². The van der Waals surface area contributed by atoms with Crippen molar-refractivity contribution in [3.05, 3.63) is 0 Å². The molecule has 0 amide bonds. The molecule has 1 aliphatic heterocycles. The van der Waals surface area contributed by atoms with E-state index in [2.05, 4.69) is 29.8 Å². The van der Waals surface area contributed by atoms with Gasteiger partial charge in [0.15, 0.2) is 0 Å². The van der Waals surface area contributed by atoms with Crippen molar-refractivity contribution in [2.75, 3.05) is 13.1 Å². The van der Waals surface area contributed by atoms with Gasteiger partial charge in [-0.05, 0) is 13.8 Å². The molecule has 3 nitrogen and oxygen atoms in total. The van der Waals surface area contributed by atoms with Gasteiger partial charge in [-0.2, -0.15) is 0 Å². The summed E-state index contributed by atoms with van der Waals surface area (Å²) in [5, 5.41) is 10.7. The molecule has 0 bridgehead atoms. The van der Waals surface area contributed by atoms with E-state index in [1.807, 2.05) is 0 Å². The van der Waals surface area contributed by atoms with E-state index in [1.54, 1.807) is 0 Å². The SMILES string of the molecule is CC(C)NC1[N]CCN1. The first kappa shape index (κ1) is 6.99. The van der Waals surface area contributed by atoms with Crippen molar-refractivity contribution in [3.8, 4) is 0 Å². The summed E-state index contributed by atoms with van der Waals surface area (Å²) in [4.78, 5) is 0. The lowest BCUT2D eigenvalue weighted by Crippen LogP contribution is -2.45. The fourth-order valence-corrected chi connectivity index (χ4v) is 0.887. The predicted octanol–water partition coefficient (Wildman–Crippen LogP) is -0.524. The van der Waals surface area contributed by atoms with Crippen LogP contribution in [-0.4, -0.2) is 25.4 Å². The molecule has 0 aliphatic carbocycles. The minimum atomic E-state index is 0.213. The van der Waals surface area contributed by atoms with Crippen LogP contribution in [0.25, 0.3) is 0 Å². The lowest BCUT2D eigenvalue weighted by atomic mass is 10.4. The highest BCUT2D eigenvalue weighted by atomic mass is 15.3. The Morgan fingerprint density at radius 2 is 2.44 bits per heavy atom. The Morgan fingerprint density at radius 3 is 2.89 bits per heavy atom. The second-order valence-electron chi connectivity index (χ2n) is 2.58. The Hall–Kier alpha value is -0.120. The molecule has 3 heteroatoms. The van der Waals surface area contributed by atoms with Gasteiger partial charge < -0.3 is 0 Å². The Morgan fingerprint density at radius 1 is 1.67 bits per heavy atom. The van der Waals surface area contributed by atoms with Gasteiger partial charge in [0.1, 0.15) is 6.29 Å². The second-order valence-corrected chi connectivity index (χ2v) is 2.58. The number of hydrogen-bond donors (Lipinski definition) is 2. The molecule has 0 saturated carbocycles. The molecule has 1 saturated heterocycles. The van der Waals surface area contributed by atoms with Crippen LogP contribution in [0.3, 0.4) is 0 Å². The number of nitrogens with zero attached hydrogens (tertiary/aromatic N) is 1. The summed E-state index contributed by atoms with van der Waals surface area (Å²) in [5.41, 5.74) is 0. The summed E-state index contributed by atoms with van der Waals surface area (Å²) in [6.07, 6.45) is 0.213. The topological polar surface area (TPSA) is 38.2 Å². The van der Waals surface area contributed by atoms with Crippen LogP contribution in [-0.2, 0) is 0 Å². The van der Waals surface area contributed by atoms with Crippen LogP contribution in [0.5, 0.6) is 0 Å². The van der Waals surface area contributed by atoms with Gasteiger partial charge in [-0.1, -0.05) is 0 Å². The van der Waals surface area contributed by atoms with Crippen LogP contribution in [0, 0.1) is 0 Å². The van der Waals surface area contributed by atoms with Gasteiger partial charge in [-0.3, -0.25) is 10.6 Å². The summed E-state index contributed by atoms with van der Waals surface area (Å²) in [7, 11) is 0. The molecule has 1 fully saturated rings. The van der Waals surface area contributed by atoms with E-state index >= 15 is 0 Å². The molecule has 1 unspecified atom stereocenters. The van der Waals surface area contributed by atoms with Gasteiger partial charge in [0.2, 0.25) is 0 Å². The molecule has 1 atom stereocenters. The van der Waals surface area contributed by atoms with E-state index in [0.29, 0.717) is 6.04 Å². The third kappa shape index (κ3) is 2.30. The van der Waals surface area contributed by atoms with Gasteiger partial charge in [0, 0.05) is 19.1 Å². The standard InChI is InChI=1S/C6H14N3/c1-5(2)9-6-7-3-4-8-6/h5-7,9H,3-4H2,1-2H3. The number of hydrogen-bond acceptors (Lipinski definition) is 2. The van der Waals surface area contributed by atoms with Crippen LogP contribution in [0.1, 0.15) is 13.8 Å². The van der Waals surface area contributed by atoms with Crippen LogP contribution in [0.15, 0.2) is 0 Å². The fraction of sp³-hybridized carbons (Fsp3) is 1.00. The van der Waals surface area contributed by atoms with Gasteiger partial charge in [-0.15, -0.1) is 0 Å². The zero-order valence-corrected chi connectivity index (χ0v) is 6.02. The van der Waals surface area contributed by atoms with E-state index in [-0.39, 0.29) is 6.29 Å². The first-order valence-electron chi connectivity index (χ1n) is 3.45. The van der Waals surface area contributed by atoms with E-state index < -0.39 is 0 Å². The van der Waals surface area contributed by atoms with Crippen molar-refractivity contribution >= 4 is 0 Å². The van der Waals surface area contributed by atoms with Crippen LogP contribution in [0.2, 0.25) is 0 Å². The van der Waals surface area contributed by atoms with Crippen molar-refractivity contribution in [2.45, 2.75) is 26.2 Å². The predicted molar refractivity (Wildman–Crippen MR) is 37.1 cm³/mol. The monoisotopic (exact) mass is 128 g/mol. The van der Waals surface area contributed by atoms with Gasteiger partial charge in [0.05, 0.1) is 0 Å². The molecule has 0 aromatic rings. The lowest BCUT2D eigenvalue weighted by molar-refractivity contribution is 0.402.